The number of anilines is 2. The highest BCUT2D eigenvalue weighted by Crippen LogP contribution is 2.30. The second kappa shape index (κ2) is 12.0. The van der Waals surface area contributed by atoms with E-state index in [0.717, 1.165) is 16.8 Å². The Morgan fingerprint density at radius 1 is 0.943 bits per heavy atom. The molecule has 0 heterocycles. The van der Waals surface area contributed by atoms with Crippen molar-refractivity contribution in [3.05, 3.63) is 89.5 Å². The molecule has 1 atom stereocenters. The van der Waals surface area contributed by atoms with E-state index in [1.807, 2.05) is 79.3 Å². The summed E-state index contributed by atoms with van der Waals surface area (Å²) in [7, 11) is 6.99. The number of ether oxygens (including phenoxy) is 2. The smallest absolute Gasteiger partial charge is 0.254 e. The van der Waals surface area contributed by atoms with E-state index in [2.05, 4.69) is 5.32 Å². The molecule has 1 N–H and O–H groups in total. The predicted octanol–water partition coefficient (Wildman–Crippen LogP) is 4.75. The molecule has 0 saturated heterocycles. The molecule has 0 spiro atoms. The number of hydrogen-bond donors (Lipinski definition) is 1. The van der Waals surface area contributed by atoms with Crippen molar-refractivity contribution >= 4 is 23.2 Å². The van der Waals surface area contributed by atoms with Crippen LogP contribution in [0.15, 0.2) is 72.8 Å². The number of carbonyl (C=O) groups excluding carboxylic acids is 2. The summed E-state index contributed by atoms with van der Waals surface area (Å²) in [5.41, 5.74) is 4.13. The molecule has 7 heteroatoms. The second-order valence-electron chi connectivity index (χ2n) is 8.47. The lowest BCUT2D eigenvalue weighted by molar-refractivity contribution is -0.119. The zero-order valence-corrected chi connectivity index (χ0v) is 20.9. The van der Waals surface area contributed by atoms with Gasteiger partial charge in [-0.1, -0.05) is 30.3 Å². The maximum absolute atomic E-state index is 13.8. The van der Waals surface area contributed by atoms with Gasteiger partial charge in [0.2, 0.25) is 5.91 Å². The molecule has 0 fully saturated rings. The Morgan fingerprint density at radius 3 is 2.23 bits per heavy atom. The fourth-order valence-corrected chi connectivity index (χ4v) is 3.93. The van der Waals surface area contributed by atoms with Crippen molar-refractivity contribution in [1.29, 1.82) is 0 Å². The molecule has 0 aromatic heterocycles. The topological polar surface area (TPSA) is 71.1 Å². The maximum atomic E-state index is 13.8. The van der Waals surface area contributed by atoms with Crippen molar-refractivity contribution < 1.29 is 19.1 Å². The van der Waals surface area contributed by atoms with Crippen LogP contribution in [0.25, 0.3) is 0 Å². The van der Waals surface area contributed by atoms with Crippen LogP contribution in [-0.2, 0) is 16.1 Å². The molecule has 0 aliphatic rings. The van der Waals surface area contributed by atoms with Crippen molar-refractivity contribution in [2.24, 2.45) is 0 Å². The first-order valence-corrected chi connectivity index (χ1v) is 11.4. The highest BCUT2D eigenvalue weighted by atomic mass is 16.5. The molecule has 0 unspecified atom stereocenters. The van der Waals surface area contributed by atoms with E-state index in [-0.39, 0.29) is 24.5 Å². The number of benzene rings is 3. The molecule has 2 amide bonds. The molecular weight excluding hydrogens is 442 g/mol. The van der Waals surface area contributed by atoms with E-state index in [1.165, 1.54) is 7.11 Å². The van der Waals surface area contributed by atoms with Crippen molar-refractivity contribution in [1.82, 2.24) is 4.90 Å². The fraction of sp³-hybridized carbons (Fsp3) is 0.286. The van der Waals surface area contributed by atoms with Crippen LogP contribution >= 0.6 is 0 Å². The van der Waals surface area contributed by atoms with E-state index < -0.39 is 0 Å². The van der Waals surface area contributed by atoms with E-state index in [0.29, 0.717) is 23.5 Å². The van der Waals surface area contributed by atoms with Gasteiger partial charge < -0.3 is 24.6 Å². The Labute approximate surface area is 207 Å². The largest absolute Gasteiger partial charge is 0.497 e. The number of rotatable bonds is 10. The van der Waals surface area contributed by atoms with Gasteiger partial charge in [-0.2, -0.15) is 0 Å². The Bertz CT molecular complexity index is 1130. The fourth-order valence-electron chi connectivity index (χ4n) is 3.93. The lowest BCUT2D eigenvalue weighted by atomic mass is 10.0. The predicted molar refractivity (Wildman–Crippen MR) is 139 cm³/mol. The molecule has 7 nitrogen and oxygen atoms in total. The van der Waals surface area contributed by atoms with Crippen LogP contribution < -0.4 is 15.0 Å². The molecule has 0 bridgehead atoms. The number of carbonyl (C=O) groups is 2. The lowest BCUT2D eigenvalue weighted by Gasteiger charge is -2.32. The second-order valence-corrected chi connectivity index (χ2v) is 8.47. The quantitative estimate of drug-likeness (QED) is 0.458. The van der Waals surface area contributed by atoms with Crippen LogP contribution in [0.1, 0.15) is 34.5 Å². The van der Waals surface area contributed by atoms with Crippen LogP contribution in [0.5, 0.6) is 5.75 Å². The highest BCUT2D eigenvalue weighted by molar-refractivity contribution is 5.95. The van der Waals surface area contributed by atoms with Crippen LogP contribution in [0.2, 0.25) is 0 Å². The molecule has 3 aromatic carbocycles. The average Bonchev–Trinajstić information content (AvgIpc) is 2.87. The molecule has 3 aromatic rings. The van der Waals surface area contributed by atoms with Crippen molar-refractivity contribution in [2.45, 2.75) is 19.5 Å². The minimum Gasteiger partial charge on any atom is -0.497 e. The van der Waals surface area contributed by atoms with E-state index >= 15 is 0 Å². The summed E-state index contributed by atoms with van der Waals surface area (Å²) in [5, 5.41) is 2.86. The Kier molecular flexibility index (Phi) is 8.86. The van der Waals surface area contributed by atoms with Gasteiger partial charge in [-0.25, -0.2) is 0 Å². The van der Waals surface area contributed by atoms with Crippen molar-refractivity contribution in [3.63, 3.8) is 0 Å². The summed E-state index contributed by atoms with van der Waals surface area (Å²) in [5.74, 6) is 0.362. The zero-order valence-electron chi connectivity index (χ0n) is 20.9. The summed E-state index contributed by atoms with van der Waals surface area (Å²) in [6.07, 6.45) is 0. The van der Waals surface area contributed by atoms with Crippen LogP contribution in [-0.4, -0.2) is 51.6 Å². The molecule has 0 aliphatic heterocycles. The third kappa shape index (κ3) is 6.61. The SMILES string of the molecule is COCC(=O)Nc1ccc(N(C)C)c(CN(C(=O)c2ccc(OC)cc2)[C@@H](C)c2ccccc2)c1. The van der Waals surface area contributed by atoms with Crippen LogP contribution in [0, 0.1) is 0 Å². The molecule has 184 valence electrons. The van der Waals surface area contributed by atoms with E-state index in [9.17, 15) is 9.59 Å². The number of hydrogen-bond acceptors (Lipinski definition) is 5. The summed E-state index contributed by atoms with van der Waals surface area (Å²) >= 11 is 0. The van der Waals surface area contributed by atoms with Crippen molar-refractivity contribution in [3.8, 4) is 5.75 Å². The number of nitrogens with zero attached hydrogens (tertiary/aromatic N) is 2. The first kappa shape index (κ1) is 25.8. The number of nitrogens with one attached hydrogen (secondary N) is 1. The molecule has 35 heavy (non-hydrogen) atoms. The minimum absolute atomic E-state index is 0.0299. The van der Waals surface area contributed by atoms with Gasteiger partial charge in [-0.15, -0.1) is 0 Å². The summed E-state index contributed by atoms with van der Waals surface area (Å²) in [6, 6.07) is 22.6. The third-order valence-electron chi connectivity index (χ3n) is 5.81. The van der Waals surface area contributed by atoms with E-state index in [1.54, 1.807) is 31.4 Å². The average molecular weight is 476 g/mol. The first-order chi connectivity index (χ1) is 16.8. The van der Waals surface area contributed by atoms with Gasteiger partial charge in [0.05, 0.1) is 13.2 Å². The monoisotopic (exact) mass is 475 g/mol. The van der Waals surface area contributed by atoms with Gasteiger partial charge in [0, 0.05) is 44.7 Å². The summed E-state index contributed by atoms with van der Waals surface area (Å²) in [4.78, 5) is 29.7. The van der Waals surface area contributed by atoms with Crippen molar-refractivity contribution in [2.75, 3.05) is 45.1 Å². The third-order valence-corrected chi connectivity index (χ3v) is 5.81. The van der Waals surface area contributed by atoms with Gasteiger partial charge in [0.25, 0.3) is 5.91 Å². The van der Waals surface area contributed by atoms with Crippen LogP contribution in [0.3, 0.4) is 0 Å². The van der Waals surface area contributed by atoms with Gasteiger partial charge in [-0.05, 0) is 60.5 Å². The molecular formula is C28H33N3O4. The Balaban J connectivity index is 2.01. The normalized spacial score (nSPS) is 11.5. The van der Waals surface area contributed by atoms with Gasteiger partial charge in [-0.3, -0.25) is 9.59 Å². The first-order valence-electron chi connectivity index (χ1n) is 11.4. The van der Waals surface area contributed by atoms with Gasteiger partial charge in [0.15, 0.2) is 0 Å². The van der Waals surface area contributed by atoms with Crippen LogP contribution in [0.4, 0.5) is 11.4 Å². The van der Waals surface area contributed by atoms with Gasteiger partial charge in [0.1, 0.15) is 12.4 Å². The zero-order chi connectivity index (χ0) is 25.4. The summed E-state index contributed by atoms with van der Waals surface area (Å²) < 4.78 is 10.2. The molecule has 0 aliphatic carbocycles. The minimum atomic E-state index is -0.236. The standard InChI is InChI=1S/C28H33N3O4/c1-20(21-9-7-6-8-10-21)31(28(33)22-11-14-25(35-5)15-12-22)18-23-17-24(29-27(32)19-34-4)13-16-26(23)30(2)3/h6-17,20H,18-19H2,1-5H3,(H,29,32)/t20-/m0/s1. The molecule has 3 rings (SSSR count). The number of amides is 2. The highest BCUT2D eigenvalue weighted by Gasteiger charge is 2.25. The summed E-state index contributed by atoms with van der Waals surface area (Å²) in [6.45, 7) is 2.34. The lowest BCUT2D eigenvalue weighted by Crippen LogP contribution is -2.33. The van der Waals surface area contributed by atoms with Gasteiger partial charge >= 0.3 is 0 Å². The van der Waals surface area contributed by atoms with E-state index in [4.69, 9.17) is 9.47 Å². The Hall–Kier alpha value is -3.84. The molecule has 0 saturated carbocycles. The maximum Gasteiger partial charge on any atom is 0.254 e. The number of methoxy groups -OCH3 is 2. The Morgan fingerprint density at radius 2 is 1.63 bits per heavy atom. The molecule has 0 radical (unpaired) electrons.